The van der Waals surface area contributed by atoms with Gasteiger partial charge in [-0.15, -0.1) is 0 Å². The van der Waals surface area contributed by atoms with E-state index in [2.05, 4.69) is 6.92 Å². The van der Waals surface area contributed by atoms with Gasteiger partial charge in [-0.2, -0.15) is 0 Å². The Kier molecular flexibility index (Phi) is 17.7. The smallest absolute Gasteiger partial charge is 0.338 e. The fourth-order valence-electron chi connectivity index (χ4n) is 5.50. The van der Waals surface area contributed by atoms with Crippen LogP contribution < -0.4 is 0 Å². The van der Waals surface area contributed by atoms with E-state index < -0.39 is 0 Å². The number of ether oxygens (including phenoxy) is 4. The van der Waals surface area contributed by atoms with Crippen LogP contribution in [0, 0.1) is 11.8 Å². The average molecular weight is 695 g/mol. The van der Waals surface area contributed by atoms with Crippen LogP contribution in [-0.2, 0) is 18.9 Å². The van der Waals surface area contributed by atoms with Crippen LogP contribution in [0.2, 0.25) is 0 Å². The second kappa shape index (κ2) is 22.5. The van der Waals surface area contributed by atoms with Gasteiger partial charge >= 0.3 is 23.9 Å². The molecule has 0 saturated carbocycles. The minimum Gasteiger partial charge on any atom is -0.462 e. The van der Waals surface area contributed by atoms with Crippen molar-refractivity contribution in [2.24, 2.45) is 11.8 Å². The summed E-state index contributed by atoms with van der Waals surface area (Å²) in [5.74, 6) is -1.46. The number of benzene rings is 4. The van der Waals surface area contributed by atoms with Gasteiger partial charge in [-0.1, -0.05) is 107 Å². The lowest BCUT2D eigenvalue weighted by Crippen LogP contribution is -2.30. The Hall–Kier alpha value is -5.24. The third-order valence-electron chi connectivity index (χ3n) is 8.45. The predicted octanol–water partition coefficient (Wildman–Crippen LogP) is 9.40. The van der Waals surface area contributed by atoms with Crippen molar-refractivity contribution in [1.82, 2.24) is 0 Å². The van der Waals surface area contributed by atoms with Crippen LogP contribution in [-0.4, -0.2) is 49.3 Å². The fraction of sp³-hybridized carbons (Fsp3) is 0.349. The second-order valence-corrected chi connectivity index (χ2v) is 12.1. The monoisotopic (exact) mass is 694 g/mol. The summed E-state index contributed by atoms with van der Waals surface area (Å²) in [7, 11) is 0. The summed E-state index contributed by atoms with van der Waals surface area (Å²) < 4.78 is 22.3. The first kappa shape index (κ1) is 40.2. The molecule has 4 aromatic rings. The Labute approximate surface area is 302 Å². The van der Waals surface area contributed by atoms with Gasteiger partial charge in [0.2, 0.25) is 0 Å². The van der Waals surface area contributed by atoms with Crippen molar-refractivity contribution in [2.45, 2.75) is 72.0 Å². The van der Waals surface area contributed by atoms with Gasteiger partial charge in [0.15, 0.2) is 0 Å². The summed E-state index contributed by atoms with van der Waals surface area (Å²) in [6, 6.07) is 35.6. The Morgan fingerprint density at radius 3 is 1.06 bits per heavy atom. The average Bonchev–Trinajstić information content (AvgIpc) is 3.19. The molecule has 0 aliphatic heterocycles. The van der Waals surface area contributed by atoms with Gasteiger partial charge in [0.05, 0.1) is 35.5 Å². The largest absolute Gasteiger partial charge is 0.462 e. The van der Waals surface area contributed by atoms with Gasteiger partial charge in [0, 0.05) is 11.8 Å². The molecule has 0 aromatic heterocycles. The minimum absolute atomic E-state index is 0.0228. The molecule has 0 heterocycles. The molecule has 0 amide bonds. The van der Waals surface area contributed by atoms with E-state index in [0.29, 0.717) is 35.1 Å². The third-order valence-corrected chi connectivity index (χ3v) is 8.45. The first-order valence-electron chi connectivity index (χ1n) is 17.8. The number of esters is 4. The zero-order valence-corrected chi connectivity index (χ0v) is 30.1. The summed E-state index contributed by atoms with van der Waals surface area (Å²) in [6.07, 6.45) is 3.26. The van der Waals surface area contributed by atoms with E-state index in [4.69, 9.17) is 18.9 Å². The normalized spacial score (nSPS) is 12.9. The van der Waals surface area contributed by atoms with Crippen molar-refractivity contribution in [3.8, 4) is 0 Å². The minimum atomic E-state index is -0.358. The number of hydrogen-bond acceptors (Lipinski definition) is 8. The second-order valence-electron chi connectivity index (χ2n) is 12.1. The molecule has 0 aliphatic rings. The lowest BCUT2D eigenvalue weighted by atomic mass is 9.96. The van der Waals surface area contributed by atoms with Gasteiger partial charge in [-0.05, 0) is 74.2 Å². The van der Waals surface area contributed by atoms with E-state index in [0.717, 1.165) is 19.3 Å². The molecule has 4 rings (SSSR count). The summed E-state index contributed by atoms with van der Waals surface area (Å²) in [4.78, 5) is 48.9. The Morgan fingerprint density at radius 1 is 0.431 bits per heavy atom. The van der Waals surface area contributed by atoms with Crippen molar-refractivity contribution in [3.63, 3.8) is 0 Å². The van der Waals surface area contributed by atoms with Crippen molar-refractivity contribution in [3.05, 3.63) is 144 Å². The molecular weight excluding hydrogens is 644 g/mol. The van der Waals surface area contributed by atoms with Crippen LogP contribution in [0.5, 0.6) is 0 Å². The molecule has 8 heteroatoms. The van der Waals surface area contributed by atoms with Crippen LogP contribution in [0.4, 0.5) is 0 Å². The van der Waals surface area contributed by atoms with E-state index in [-0.39, 0.29) is 61.1 Å². The zero-order valence-electron chi connectivity index (χ0n) is 30.1. The van der Waals surface area contributed by atoms with Crippen molar-refractivity contribution >= 4 is 23.9 Å². The van der Waals surface area contributed by atoms with E-state index in [1.807, 2.05) is 57.2 Å². The van der Waals surface area contributed by atoms with Crippen LogP contribution >= 0.6 is 0 Å². The lowest BCUT2D eigenvalue weighted by molar-refractivity contribution is -0.00821. The molecule has 270 valence electrons. The first-order chi connectivity index (χ1) is 24.8. The van der Waals surface area contributed by atoms with E-state index in [1.54, 1.807) is 84.9 Å². The van der Waals surface area contributed by atoms with E-state index in [9.17, 15) is 19.2 Å². The molecule has 51 heavy (non-hydrogen) atoms. The molecule has 0 aliphatic carbocycles. The Morgan fingerprint density at radius 2 is 0.745 bits per heavy atom. The lowest BCUT2D eigenvalue weighted by Gasteiger charge is -2.26. The highest BCUT2D eigenvalue weighted by Gasteiger charge is 2.26. The molecule has 4 aromatic carbocycles. The molecule has 0 radical (unpaired) electrons. The van der Waals surface area contributed by atoms with Crippen LogP contribution in [0.3, 0.4) is 0 Å². The van der Waals surface area contributed by atoms with Gasteiger partial charge in [0.25, 0.3) is 0 Å². The Bertz CT molecular complexity index is 1590. The number of carbonyl (C=O) groups is 4. The quantitative estimate of drug-likeness (QED) is 0.0795. The van der Waals surface area contributed by atoms with Crippen molar-refractivity contribution < 1.29 is 38.1 Å². The maximum Gasteiger partial charge on any atom is 0.338 e. The topological polar surface area (TPSA) is 105 Å². The maximum absolute atomic E-state index is 12.4. The van der Waals surface area contributed by atoms with Gasteiger partial charge in [-0.3, -0.25) is 0 Å². The van der Waals surface area contributed by atoms with E-state index >= 15 is 0 Å². The molecular formula is C43H50O8. The Balaban J connectivity index is 0.000000276. The SMILES string of the molecule is CCC(COC(=O)c1ccccc1)C(CC)OC(=O)c1ccccc1.CCCC(COC(=O)c1ccccc1)C(CC)OC(=O)c1ccccc1. The fourth-order valence-corrected chi connectivity index (χ4v) is 5.50. The van der Waals surface area contributed by atoms with Crippen molar-refractivity contribution in [1.29, 1.82) is 0 Å². The summed E-state index contributed by atoms with van der Waals surface area (Å²) in [5, 5.41) is 0. The van der Waals surface area contributed by atoms with Gasteiger partial charge < -0.3 is 18.9 Å². The van der Waals surface area contributed by atoms with Crippen LogP contribution in [0.15, 0.2) is 121 Å². The molecule has 4 unspecified atom stereocenters. The van der Waals surface area contributed by atoms with Gasteiger partial charge in [0.1, 0.15) is 12.2 Å². The highest BCUT2D eigenvalue weighted by molar-refractivity contribution is 5.91. The zero-order chi connectivity index (χ0) is 36.8. The highest BCUT2D eigenvalue weighted by atomic mass is 16.6. The molecule has 0 N–H and O–H groups in total. The molecule has 0 bridgehead atoms. The summed E-state index contributed by atoms with van der Waals surface area (Å²) in [5.41, 5.74) is 2.10. The van der Waals surface area contributed by atoms with Crippen molar-refractivity contribution in [2.75, 3.05) is 13.2 Å². The first-order valence-corrected chi connectivity index (χ1v) is 17.8. The molecule has 0 saturated heterocycles. The predicted molar refractivity (Wildman–Crippen MR) is 198 cm³/mol. The number of hydrogen-bond donors (Lipinski definition) is 0. The highest BCUT2D eigenvalue weighted by Crippen LogP contribution is 2.21. The van der Waals surface area contributed by atoms with Gasteiger partial charge in [-0.25, -0.2) is 19.2 Å². The van der Waals surface area contributed by atoms with Crippen LogP contribution in [0.1, 0.15) is 101 Å². The standard InChI is InChI=1S/C22H26O4.C21H24O4/c1-3-11-19(16-25-21(23)17-12-7-5-8-13-17)20(4-2)26-22(24)18-14-9-6-10-15-18;1-3-16(15-24-20(22)17-11-7-5-8-12-17)19(4-2)25-21(23)18-13-9-6-10-14-18/h5-10,12-15,19-20H,3-4,11,16H2,1-2H3;5-14,16,19H,3-4,15H2,1-2H3. The van der Waals surface area contributed by atoms with E-state index in [1.165, 1.54) is 0 Å². The van der Waals surface area contributed by atoms with Crippen LogP contribution in [0.25, 0.3) is 0 Å². The molecule has 4 atom stereocenters. The molecule has 0 fully saturated rings. The summed E-state index contributed by atoms with van der Waals surface area (Å²) >= 11 is 0. The number of rotatable bonds is 17. The molecule has 8 nitrogen and oxygen atoms in total. The number of carbonyl (C=O) groups excluding carboxylic acids is 4. The summed E-state index contributed by atoms with van der Waals surface area (Å²) in [6.45, 7) is 8.47. The maximum atomic E-state index is 12.4. The molecule has 0 spiro atoms. The third kappa shape index (κ3) is 13.5.